The van der Waals surface area contributed by atoms with E-state index in [2.05, 4.69) is 35.1 Å². The Balaban J connectivity index is -0.00000000900. The summed E-state index contributed by atoms with van der Waals surface area (Å²) in [5, 5.41) is 0. The second kappa shape index (κ2) is 1260. The Morgan fingerprint density at radius 2 is 0.429 bits per heavy atom. The predicted molar refractivity (Wildman–Crippen MR) is 25.1 cm³/mol. The molecule has 0 saturated heterocycles. The number of nitrogens with two attached hydrogens (primary N) is 6. The first-order valence-corrected chi connectivity index (χ1v) is 1.00. The van der Waals surface area contributed by atoms with Crippen molar-refractivity contribution in [3.63, 3.8) is 0 Å². The van der Waals surface area contributed by atoms with Gasteiger partial charge >= 0.3 is 0 Å². The standard InChI is InChI=1S/3H4N2.Zn/c3*1-2;/h3*1-2H2;. The minimum absolute atomic E-state index is 0. The molecular weight excluding hydrogens is 149 g/mol. The van der Waals surface area contributed by atoms with Crippen LogP contribution in [-0.4, -0.2) is 0 Å². The molecule has 44 valence electrons. The van der Waals surface area contributed by atoms with Crippen LogP contribution in [0.1, 0.15) is 0 Å². The fraction of sp³-hybridized carbons (Fsp3) is 0. The molecule has 0 aromatic rings. The van der Waals surface area contributed by atoms with E-state index in [1.807, 2.05) is 0 Å². The zero-order valence-corrected chi connectivity index (χ0v) is 7.14. The minimum atomic E-state index is 0. The van der Waals surface area contributed by atoms with Crippen molar-refractivity contribution in [2.75, 3.05) is 0 Å². The third kappa shape index (κ3) is 834. The third-order valence-electron chi connectivity index (χ3n) is 0. The fourth-order valence-electron chi connectivity index (χ4n) is 0. The van der Waals surface area contributed by atoms with Gasteiger partial charge in [0.25, 0.3) is 0 Å². The van der Waals surface area contributed by atoms with Crippen molar-refractivity contribution in [1.82, 2.24) is 0 Å². The summed E-state index contributed by atoms with van der Waals surface area (Å²) in [6, 6.07) is 0. The largest absolute Gasteiger partial charge is 0.274 e. The van der Waals surface area contributed by atoms with Crippen molar-refractivity contribution < 1.29 is 19.5 Å². The summed E-state index contributed by atoms with van der Waals surface area (Å²) in [6.07, 6.45) is 0. The van der Waals surface area contributed by atoms with Crippen LogP contribution < -0.4 is 35.1 Å². The monoisotopic (exact) mass is 160 g/mol. The van der Waals surface area contributed by atoms with Gasteiger partial charge in [0.1, 0.15) is 0 Å². The Labute approximate surface area is 55.2 Å². The molecule has 0 spiro atoms. The van der Waals surface area contributed by atoms with Gasteiger partial charge in [-0.2, -0.15) is 0 Å². The normalized spacial score (nSPS) is 2.57. The Kier molecular flexibility index (Phi) is 4730. The molecule has 0 aromatic heterocycles. The maximum atomic E-state index is 4.00. The van der Waals surface area contributed by atoms with E-state index in [0.717, 1.165) is 0 Å². The van der Waals surface area contributed by atoms with Crippen molar-refractivity contribution in [2.24, 2.45) is 35.1 Å². The molecule has 0 rings (SSSR count). The first kappa shape index (κ1) is 26.3. The van der Waals surface area contributed by atoms with Gasteiger partial charge in [0.05, 0.1) is 0 Å². The van der Waals surface area contributed by atoms with Gasteiger partial charge in [-0.25, -0.2) is 0 Å². The van der Waals surface area contributed by atoms with E-state index < -0.39 is 0 Å². The summed E-state index contributed by atoms with van der Waals surface area (Å²) >= 11 is 0. The summed E-state index contributed by atoms with van der Waals surface area (Å²) in [7, 11) is 0. The molecule has 7 heavy (non-hydrogen) atoms. The first-order chi connectivity index (χ1) is 3.00. The molecule has 0 aliphatic carbocycles. The SMILES string of the molecule is NN.NN.NN.[Zn]. The molecule has 0 saturated carbocycles. The van der Waals surface area contributed by atoms with Crippen LogP contribution in [0.15, 0.2) is 0 Å². The molecule has 0 aliphatic heterocycles. The maximum Gasteiger partial charge on any atom is 0 e. The van der Waals surface area contributed by atoms with Crippen LogP contribution in [0.5, 0.6) is 0 Å². The van der Waals surface area contributed by atoms with Gasteiger partial charge in [-0.3, -0.25) is 35.1 Å². The van der Waals surface area contributed by atoms with Gasteiger partial charge in [0.2, 0.25) is 0 Å². The van der Waals surface area contributed by atoms with Crippen LogP contribution in [0.25, 0.3) is 0 Å². The van der Waals surface area contributed by atoms with Gasteiger partial charge in [-0.15, -0.1) is 0 Å². The average molecular weight is 162 g/mol. The number of hydrogen-bond acceptors (Lipinski definition) is 6. The Bertz CT molecular complexity index is 4.14. The van der Waals surface area contributed by atoms with Crippen LogP contribution in [-0.2, 0) is 19.5 Å². The summed E-state index contributed by atoms with van der Waals surface area (Å²) in [5.74, 6) is 24.0. The molecule has 0 bridgehead atoms. The Morgan fingerprint density at radius 1 is 0.429 bits per heavy atom. The number of hydrazine groups is 3. The minimum Gasteiger partial charge on any atom is -0.274 e. The summed E-state index contributed by atoms with van der Waals surface area (Å²) in [6.45, 7) is 0. The van der Waals surface area contributed by atoms with Crippen molar-refractivity contribution in [1.29, 1.82) is 0 Å². The van der Waals surface area contributed by atoms with E-state index in [1.54, 1.807) is 0 Å². The van der Waals surface area contributed by atoms with Crippen molar-refractivity contribution in [3.8, 4) is 0 Å². The molecule has 0 atom stereocenters. The summed E-state index contributed by atoms with van der Waals surface area (Å²) < 4.78 is 0. The zero-order chi connectivity index (χ0) is 6.00. The zero-order valence-electron chi connectivity index (χ0n) is 4.17. The fourth-order valence-corrected chi connectivity index (χ4v) is 0. The molecule has 0 aliphatic rings. The maximum absolute atomic E-state index is 4.00. The molecule has 0 aromatic carbocycles. The number of hydrogen-bond donors (Lipinski definition) is 6. The molecule has 0 amide bonds. The summed E-state index contributed by atoms with van der Waals surface area (Å²) in [4.78, 5) is 0. The average Bonchev–Trinajstić information content (AvgIpc) is 1.81. The predicted octanol–water partition coefficient (Wildman–Crippen LogP) is -3.55. The molecule has 0 unspecified atom stereocenters. The molecule has 6 nitrogen and oxygen atoms in total. The second-order valence-corrected chi connectivity index (χ2v) is 0. The van der Waals surface area contributed by atoms with Crippen molar-refractivity contribution in [3.05, 3.63) is 0 Å². The van der Waals surface area contributed by atoms with Gasteiger partial charge in [0, 0.05) is 19.5 Å². The smallest absolute Gasteiger partial charge is 0 e. The van der Waals surface area contributed by atoms with Crippen molar-refractivity contribution >= 4 is 0 Å². The van der Waals surface area contributed by atoms with Crippen LogP contribution in [0.4, 0.5) is 0 Å². The molecular formula is H12N6Zn. The number of rotatable bonds is 0. The molecule has 12 N–H and O–H groups in total. The van der Waals surface area contributed by atoms with E-state index >= 15 is 0 Å². The van der Waals surface area contributed by atoms with Gasteiger partial charge < -0.3 is 0 Å². The first-order valence-electron chi connectivity index (χ1n) is 1.00. The van der Waals surface area contributed by atoms with E-state index in [4.69, 9.17) is 0 Å². The quantitative estimate of drug-likeness (QED) is 0.123. The van der Waals surface area contributed by atoms with Crippen molar-refractivity contribution in [2.45, 2.75) is 0 Å². The Hall–Kier alpha value is 0.383. The van der Waals surface area contributed by atoms with Gasteiger partial charge in [-0.05, 0) is 0 Å². The van der Waals surface area contributed by atoms with Crippen LogP contribution >= 0.6 is 0 Å². The van der Waals surface area contributed by atoms with Crippen LogP contribution in [0.3, 0.4) is 0 Å². The third-order valence-corrected chi connectivity index (χ3v) is 0. The molecule has 7 heteroatoms. The van der Waals surface area contributed by atoms with Gasteiger partial charge in [-0.1, -0.05) is 0 Å². The second-order valence-electron chi connectivity index (χ2n) is 0. The molecule has 0 heterocycles. The molecule has 0 fully saturated rings. The van der Waals surface area contributed by atoms with Gasteiger partial charge in [0.15, 0.2) is 0 Å². The topological polar surface area (TPSA) is 156 Å². The van der Waals surface area contributed by atoms with E-state index in [9.17, 15) is 0 Å². The van der Waals surface area contributed by atoms with E-state index in [-0.39, 0.29) is 19.5 Å². The van der Waals surface area contributed by atoms with E-state index in [0.29, 0.717) is 0 Å². The van der Waals surface area contributed by atoms with Crippen LogP contribution in [0.2, 0.25) is 0 Å². The van der Waals surface area contributed by atoms with E-state index in [1.165, 1.54) is 0 Å². The van der Waals surface area contributed by atoms with Crippen LogP contribution in [0, 0.1) is 0 Å². The summed E-state index contributed by atoms with van der Waals surface area (Å²) in [5.41, 5.74) is 0. The molecule has 0 radical (unpaired) electrons. The Morgan fingerprint density at radius 3 is 0.429 bits per heavy atom.